The normalized spacial score (nSPS) is 12.2. The van der Waals surface area contributed by atoms with Gasteiger partial charge in [0, 0.05) is 36.0 Å². The van der Waals surface area contributed by atoms with Crippen LogP contribution in [0.5, 0.6) is 0 Å². The van der Waals surface area contributed by atoms with Crippen LogP contribution in [0, 0.1) is 0 Å². The maximum Gasteiger partial charge on any atom is 0.228 e. The van der Waals surface area contributed by atoms with Gasteiger partial charge in [-0.2, -0.15) is 4.98 Å². The number of rotatable bonds is 6. The smallest absolute Gasteiger partial charge is 0.228 e. The van der Waals surface area contributed by atoms with Gasteiger partial charge in [0.2, 0.25) is 17.6 Å². The first kappa shape index (κ1) is 20.9. The summed E-state index contributed by atoms with van der Waals surface area (Å²) < 4.78 is 11.1. The number of oxazole rings is 1. The molecule has 29 heavy (non-hydrogen) atoms. The zero-order valence-electron chi connectivity index (χ0n) is 17.0. The van der Waals surface area contributed by atoms with E-state index in [4.69, 9.17) is 20.5 Å². The van der Waals surface area contributed by atoms with Crippen LogP contribution in [-0.2, 0) is 18.4 Å². The average molecular weight is 417 g/mol. The van der Waals surface area contributed by atoms with Crippen molar-refractivity contribution in [3.63, 3.8) is 0 Å². The van der Waals surface area contributed by atoms with E-state index in [0.29, 0.717) is 48.1 Å². The zero-order valence-corrected chi connectivity index (χ0v) is 17.7. The van der Waals surface area contributed by atoms with Crippen LogP contribution >= 0.6 is 11.6 Å². The number of nitrogens with zero attached hydrogens (tertiary/aromatic N) is 4. The Balaban J connectivity index is 1.46. The predicted octanol–water partition coefficient (Wildman–Crippen LogP) is 3.58. The molecular formula is C20H25ClN6O2. The molecule has 3 rings (SSSR count). The third-order valence-electron chi connectivity index (χ3n) is 4.13. The molecule has 8 nitrogen and oxygen atoms in total. The highest BCUT2D eigenvalue weighted by Crippen LogP contribution is 2.22. The molecule has 0 saturated heterocycles. The fourth-order valence-corrected chi connectivity index (χ4v) is 2.61. The number of aromatic nitrogens is 3. The molecule has 0 atom stereocenters. The summed E-state index contributed by atoms with van der Waals surface area (Å²) in [6.07, 6.45) is 2.33. The summed E-state index contributed by atoms with van der Waals surface area (Å²) in [5.74, 6) is 3.18. The maximum absolute atomic E-state index is 5.90. The third-order valence-corrected chi connectivity index (χ3v) is 4.38. The van der Waals surface area contributed by atoms with Crippen LogP contribution in [0.1, 0.15) is 38.3 Å². The number of benzene rings is 1. The predicted molar refractivity (Wildman–Crippen MR) is 112 cm³/mol. The SMILES string of the molecule is CN=C(NCCc1nc(-c2ccc(Cl)cc2)no1)NCc1ncc(C(C)(C)C)o1. The topological polar surface area (TPSA) is 101 Å². The Hall–Kier alpha value is -2.87. The molecule has 0 aliphatic heterocycles. The summed E-state index contributed by atoms with van der Waals surface area (Å²) in [5.41, 5.74) is 0.788. The lowest BCUT2D eigenvalue weighted by Gasteiger charge is -2.13. The maximum atomic E-state index is 5.90. The summed E-state index contributed by atoms with van der Waals surface area (Å²) in [6, 6.07) is 7.30. The molecule has 0 aliphatic rings. The largest absolute Gasteiger partial charge is 0.443 e. The van der Waals surface area contributed by atoms with Crippen LogP contribution in [0.2, 0.25) is 5.02 Å². The van der Waals surface area contributed by atoms with Crippen LogP contribution in [-0.4, -0.2) is 34.7 Å². The first-order valence-corrected chi connectivity index (χ1v) is 9.71. The monoisotopic (exact) mass is 416 g/mol. The molecule has 0 unspecified atom stereocenters. The lowest BCUT2D eigenvalue weighted by Crippen LogP contribution is -2.37. The van der Waals surface area contributed by atoms with Crippen molar-refractivity contribution < 1.29 is 8.94 Å². The van der Waals surface area contributed by atoms with Gasteiger partial charge in [-0.3, -0.25) is 4.99 Å². The molecule has 2 heterocycles. The van der Waals surface area contributed by atoms with Gasteiger partial charge in [0.25, 0.3) is 0 Å². The Morgan fingerprint density at radius 3 is 2.55 bits per heavy atom. The fourth-order valence-electron chi connectivity index (χ4n) is 2.48. The van der Waals surface area contributed by atoms with Crippen molar-refractivity contribution in [2.24, 2.45) is 4.99 Å². The van der Waals surface area contributed by atoms with Crippen molar-refractivity contribution in [2.75, 3.05) is 13.6 Å². The second-order valence-corrected chi connectivity index (χ2v) is 7.93. The second-order valence-electron chi connectivity index (χ2n) is 7.49. The quantitative estimate of drug-likeness (QED) is 0.467. The lowest BCUT2D eigenvalue weighted by atomic mass is 9.94. The molecule has 2 N–H and O–H groups in total. The number of guanidine groups is 1. The molecular weight excluding hydrogens is 392 g/mol. The van der Waals surface area contributed by atoms with Crippen LogP contribution in [0.4, 0.5) is 0 Å². The van der Waals surface area contributed by atoms with E-state index in [1.165, 1.54) is 0 Å². The van der Waals surface area contributed by atoms with Gasteiger partial charge in [-0.15, -0.1) is 0 Å². The molecule has 0 fully saturated rings. The van der Waals surface area contributed by atoms with Crippen molar-refractivity contribution in [2.45, 2.75) is 39.2 Å². The molecule has 1 aromatic carbocycles. The highest BCUT2D eigenvalue weighted by Gasteiger charge is 2.19. The minimum atomic E-state index is -0.0693. The highest BCUT2D eigenvalue weighted by atomic mass is 35.5. The van der Waals surface area contributed by atoms with E-state index in [0.717, 1.165) is 11.3 Å². The van der Waals surface area contributed by atoms with Gasteiger partial charge in [0.15, 0.2) is 5.96 Å². The number of halogens is 1. The van der Waals surface area contributed by atoms with E-state index >= 15 is 0 Å². The first-order chi connectivity index (χ1) is 13.8. The van der Waals surface area contributed by atoms with E-state index in [1.807, 2.05) is 12.1 Å². The number of nitrogens with one attached hydrogen (secondary N) is 2. The molecule has 154 valence electrons. The van der Waals surface area contributed by atoms with Gasteiger partial charge in [0.05, 0.1) is 12.7 Å². The second kappa shape index (κ2) is 9.09. The molecule has 0 spiro atoms. The minimum Gasteiger partial charge on any atom is -0.443 e. The lowest BCUT2D eigenvalue weighted by molar-refractivity contribution is 0.377. The average Bonchev–Trinajstić information content (AvgIpc) is 3.34. The summed E-state index contributed by atoms with van der Waals surface area (Å²) in [6.45, 7) is 7.28. The van der Waals surface area contributed by atoms with Crippen LogP contribution < -0.4 is 10.6 Å². The van der Waals surface area contributed by atoms with E-state index in [9.17, 15) is 0 Å². The Morgan fingerprint density at radius 1 is 1.14 bits per heavy atom. The molecule has 0 aliphatic carbocycles. The number of hydrogen-bond donors (Lipinski definition) is 2. The fraction of sp³-hybridized carbons (Fsp3) is 0.400. The molecule has 0 saturated carbocycles. The van der Waals surface area contributed by atoms with Gasteiger partial charge in [-0.1, -0.05) is 37.5 Å². The molecule has 2 aromatic heterocycles. The van der Waals surface area contributed by atoms with E-state index in [1.54, 1.807) is 25.4 Å². The van der Waals surface area contributed by atoms with Gasteiger partial charge >= 0.3 is 0 Å². The Kier molecular flexibility index (Phi) is 6.53. The Morgan fingerprint density at radius 2 is 1.90 bits per heavy atom. The van der Waals surface area contributed by atoms with Crippen molar-refractivity contribution in [3.05, 3.63) is 53.0 Å². The summed E-state index contributed by atoms with van der Waals surface area (Å²) in [5, 5.41) is 11.1. The van der Waals surface area contributed by atoms with Crippen molar-refractivity contribution in [3.8, 4) is 11.4 Å². The number of aliphatic imine (C=N–C) groups is 1. The summed E-state index contributed by atoms with van der Waals surface area (Å²) >= 11 is 5.90. The van der Waals surface area contributed by atoms with E-state index in [-0.39, 0.29) is 5.41 Å². The molecule has 9 heteroatoms. The van der Waals surface area contributed by atoms with E-state index in [2.05, 4.69) is 51.5 Å². The summed E-state index contributed by atoms with van der Waals surface area (Å²) in [7, 11) is 1.71. The third kappa shape index (κ3) is 5.80. The standard InChI is InChI=1S/C20H25ClN6O2/c1-20(2,3)15-11-24-17(28-15)12-25-19(22-4)23-10-9-16-26-18(27-29-16)13-5-7-14(21)8-6-13/h5-8,11H,9-10,12H2,1-4H3,(H2,22,23,25). The molecule has 3 aromatic rings. The van der Waals surface area contributed by atoms with Crippen LogP contribution in [0.3, 0.4) is 0 Å². The Labute approximate surface area is 174 Å². The minimum absolute atomic E-state index is 0.0693. The summed E-state index contributed by atoms with van der Waals surface area (Å²) in [4.78, 5) is 12.9. The number of hydrogen-bond acceptors (Lipinski definition) is 6. The van der Waals surface area contributed by atoms with Crippen LogP contribution in [0.25, 0.3) is 11.4 Å². The molecule has 0 radical (unpaired) electrons. The van der Waals surface area contributed by atoms with Gasteiger partial charge in [-0.05, 0) is 24.3 Å². The zero-order chi connectivity index (χ0) is 20.9. The van der Waals surface area contributed by atoms with Gasteiger partial charge in [-0.25, -0.2) is 4.98 Å². The van der Waals surface area contributed by atoms with Crippen molar-refractivity contribution in [1.29, 1.82) is 0 Å². The highest BCUT2D eigenvalue weighted by molar-refractivity contribution is 6.30. The van der Waals surface area contributed by atoms with Gasteiger partial charge in [0.1, 0.15) is 5.76 Å². The molecule has 0 bridgehead atoms. The van der Waals surface area contributed by atoms with Gasteiger partial charge < -0.3 is 19.6 Å². The Bertz CT molecular complexity index is 956. The van der Waals surface area contributed by atoms with Crippen molar-refractivity contribution in [1.82, 2.24) is 25.8 Å². The van der Waals surface area contributed by atoms with Crippen LogP contribution in [0.15, 0.2) is 44.4 Å². The molecule has 0 amide bonds. The van der Waals surface area contributed by atoms with Crippen molar-refractivity contribution >= 4 is 17.6 Å². The first-order valence-electron chi connectivity index (χ1n) is 9.33. The van der Waals surface area contributed by atoms with E-state index < -0.39 is 0 Å².